The highest BCUT2D eigenvalue weighted by atomic mass is 35.5. The fraction of sp³-hybridized carbons (Fsp3) is 0.786. The average Bonchev–Trinajstić information content (AvgIpc) is 2.70. The summed E-state index contributed by atoms with van der Waals surface area (Å²) in [6.07, 6.45) is 4.12. The second kappa shape index (κ2) is 7.88. The Hall–Kier alpha value is -0.580. The summed E-state index contributed by atoms with van der Waals surface area (Å²) in [6, 6.07) is 0.261. The summed E-state index contributed by atoms with van der Waals surface area (Å²) in [5.74, 6) is 0.544. The van der Waals surface area contributed by atoms with Crippen LogP contribution in [0.15, 0.2) is 6.20 Å². The van der Waals surface area contributed by atoms with Crippen molar-refractivity contribution in [1.82, 2.24) is 20.0 Å². The Morgan fingerprint density at radius 3 is 2.68 bits per heavy atom. The van der Waals surface area contributed by atoms with Gasteiger partial charge >= 0.3 is 0 Å². The van der Waals surface area contributed by atoms with Crippen LogP contribution in [0.3, 0.4) is 0 Å². The molecule has 1 aromatic rings. The summed E-state index contributed by atoms with van der Waals surface area (Å²) in [6.45, 7) is 6.31. The van der Waals surface area contributed by atoms with Crippen molar-refractivity contribution in [3.8, 4) is 0 Å². The SMILES string of the molecule is CCCC(C)C(NC)c1c(Cl)cnn1CCN(C)C. The summed E-state index contributed by atoms with van der Waals surface area (Å²) in [5.41, 5.74) is 1.12. The molecular weight excluding hydrogens is 260 g/mol. The molecular formula is C14H27ClN4. The van der Waals surface area contributed by atoms with Crippen molar-refractivity contribution in [3.63, 3.8) is 0 Å². The molecule has 1 heterocycles. The van der Waals surface area contributed by atoms with Gasteiger partial charge in [-0.05, 0) is 33.5 Å². The van der Waals surface area contributed by atoms with Crippen LogP contribution in [0.25, 0.3) is 0 Å². The smallest absolute Gasteiger partial charge is 0.0834 e. The predicted octanol–water partition coefficient (Wildman–Crippen LogP) is 2.79. The molecule has 1 N–H and O–H groups in total. The Morgan fingerprint density at radius 2 is 2.16 bits per heavy atom. The standard InChI is InChI=1S/C14H27ClN4/c1-6-7-11(2)13(16-3)14-12(15)10-17-19(14)9-8-18(4)5/h10-11,13,16H,6-9H2,1-5H3. The summed E-state index contributed by atoms with van der Waals surface area (Å²) in [5, 5.41) is 8.58. The van der Waals surface area contributed by atoms with Crippen LogP contribution in [-0.2, 0) is 6.54 Å². The van der Waals surface area contributed by atoms with Gasteiger partial charge in [0, 0.05) is 6.54 Å². The number of hydrogen-bond acceptors (Lipinski definition) is 3. The van der Waals surface area contributed by atoms with Crippen molar-refractivity contribution in [2.24, 2.45) is 5.92 Å². The van der Waals surface area contributed by atoms with Crippen molar-refractivity contribution >= 4 is 11.6 Å². The van der Waals surface area contributed by atoms with E-state index in [9.17, 15) is 0 Å². The van der Waals surface area contributed by atoms with E-state index in [2.05, 4.69) is 43.3 Å². The highest BCUT2D eigenvalue weighted by Crippen LogP contribution is 2.30. The molecule has 0 bridgehead atoms. The molecule has 0 aliphatic carbocycles. The first-order chi connectivity index (χ1) is 9.01. The molecule has 5 heteroatoms. The zero-order chi connectivity index (χ0) is 14.4. The number of hydrogen-bond donors (Lipinski definition) is 1. The summed E-state index contributed by atoms with van der Waals surface area (Å²) < 4.78 is 2.04. The fourth-order valence-corrected chi connectivity index (χ4v) is 2.73. The molecule has 0 aromatic carbocycles. The van der Waals surface area contributed by atoms with Gasteiger partial charge < -0.3 is 10.2 Å². The fourth-order valence-electron chi connectivity index (χ4n) is 2.47. The molecule has 19 heavy (non-hydrogen) atoms. The topological polar surface area (TPSA) is 33.1 Å². The first kappa shape index (κ1) is 16.5. The van der Waals surface area contributed by atoms with Crippen LogP contribution in [0, 0.1) is 5.92 Å². The maximum Gasteiger partial charge on any atom is 0.0834 e. The van der Waals surface area contributed by atoms with E-state index in [1.54, 1.807) is 6.20 Å². The van der Waals surface area contributed by atoms with Gasteiger partial charge in [0.25, 0.3) is 0 Å². The molecule has 0 amide bonds. The lowest BCUT2D eigenvalue weighted by Gasteiger charge is -2.25. The molecule has 0 aliphatic rings. The molecule has 1 rings (SSSR count). The van der Waals surface area contributed by atoms with E-state index in [-0.39, 0.29) is 6.04 Å². The lowest BCUT2D eigenvalue weighted by molar-refractivity contribution is 0.335. The van der Waals surface area contributed by atoms with E-state index in [4.69, 9.17) is 11.6 Å². The largest absolute Gasteiger partial charge is 0.311 e. The number of halogens is 1. The third-order valence-electron chi connectivity index (χ3n) is 3.51. The Bertz CT molecular complexity index is 376. The third kappa shape index (κ3) is 4.48. The highest BCUT2D eigenvalue weighted by Gasteiger charge is 2.23. The van der Waals surface area contributed by atoms with Crippen molar-refractivity contribution in [2.75, 3.05) is 27.7 Å². The van der Waals surface area contributed by atoms with Gasteiger partial charge in [-0.3, -0.25) is 4.68 Å². The zero-order valence-electron chi connectivity index (χ0n) is 12.8. The number of nitrogens with one attached hydrogen (secondary N) is 1. The maximum absolute atomic E-state index is 6.34. The first-order valence-corrected chi connectivity index (χ1v) is 7.42. The normalized spacial score (nSPS) is 14.9. The van der Waals surface area contributed by atoms with Crippen LogP contribution in [0.4, 0.5) is 0 Å². The van der Waals surface area contributed by atoms with Crippen molar-refractivity contribution < 1.29 is 0 Å². The van der Waals surface area contributed by atoms with E-state index in [1.165, 1.54) is 12.8 Å². The Labute approximate surface area is 122 Å². The van der Waals surface area contributed by atoms with E-state index in [1.807, 2.05) is 11.7 Å². The molecule has 0 fully saturated rings. The molecule has 0 aliphatic heterocycles. The highest BCUT2D eigenvalue weighted by molar-refractivity contribution is 6.31. The van der Waals surface area contributed by atoms with E-state index in [0.29, 0.717) is 5.92 Å². The lowest BCUT2D eigenvalue weighted by atomic mass is 9.94. The summed E-state index contributed by atoms with van der Waals surface area (Å²) >= 11 is 6.34. The van der Waals surface area contributed by atoms with Crippen LogP contribution in [0.2, 0.25) is 5.02 Å². The van der Waals surface area contributed by atoms with Crippen LogP contribution in [-0.4, -0.2) is 42.4 Å². The number of nitrogens with zero attached hydrogens (tertiary/aromatic N) is 3. The molecule has 1 aromatic heterocycles. The summed E-state index contributed by atoms with van der Waals surface area (Å²) in [7, 11) is 6.14. The maximum atomic E-state index is 6.34. The van der Waals surface area contributed by atoms with Gasteiger partial charge in [0.2, 0.25) is 0 Å². The van der Waals surface area contributed by atoms with Crippen LogP contribution in [0.1, 0.15) is 38.4 Å². The van der Waals surface area contributed by atoms with Crippen LogP contribution in [0.5, 0.6) is 0 Å². The monoisotopic (exact) mass is 286 g/mol. The average molecular weight is 287 g/mol. The minimum absolute atomic E-state index is 0.261. The molecule has 2 unspecified atom stereocenters. The molecule has 0 radical (unpaired) electrons. The van der Waals surface area contributed by atoms with Crippen molar-refractivity contribution in [2.45, 2.75) is 39.3 Å². The molecule has 0 saturated heterocycles. The molecule has 2 atom stereocenters. The Kier molecular flexibility index (Phi) is 6.83. The van der Waals surface area contributed by atoms with Crippen LogP contribution >= 0.6 is 11.6 Å². The van der Waals surface area contributed by atoms with Crippen molar-refractivity contribution in [1.29, 1.82) is 0 Å². The van der Waals surface area contributed by atoms with E-state index >= 15 is 0 Å². The number of rotatable bonds is 8. The van der Waals surface area contributed by atoms with Gasteiger partial charge in [0.1, 0.15) is 0 Å². The number of aromatic nitrogens is 2. The predicted molar refractivity (Wildman–Crippen MR) is 81.7 cm³/mol. The number of likely N-dealkylation sites (N-methyl/N-ethyl adjacent to an activating group) is 1. The molecule has 110 valence electrons. The lowest BCUT2D eigenvalue weighted by Crippen LogP contribution is -2.28. The Balaban J connectivity index is 2.92. The van der Waals surface area contributed by atoms with Gasteiger partial charge in [-0.2, -0.15) is 5.10 Å². The third-order valence-corrected chi connectivity index (χ3v) is 3.80. The molecule has 0 spiro atoms. The zero-order valence-corrected chi connectivity index (χ0v) is 13.5. The second-order valence-electron chi connectivity index (χ2n) is 5.44. The van der Waals surface area contributed by atoms with Gasteiger partial charge in [0.05, 0.1) is 29.5 Å². The van der Waals surface area contributed by atoms with Gasteiger partial charge in [0.15, 0.2) is 0 Å². The first-order valence-electron chi connectivity index (χ1n) is 7.04. The molecule has 4 nitrogen and oxygen atoms in total. The second-order valence-corrected chi connectivity index (χ2v) is 5.84. The molecule has 0 saturated carbocycles. The summed E-state index contributed by atoms with van der Waals surface area (Å²) in [4.78, 5) is 2.16. The van der Waals surface area contributed by atoms with E-state index < -0.39 is 0 Å². The minimum Gasteiger partial charge on any atom is -0.311 e. The quantitative estimate of drug-likeness (QED) is 0.798. The van der Waals surface area contributed by atoms with Gasteiger partial charge in [-0.1, -0.05) is 31.9 Å². The Morgan fingerprint density at radius 1 is 1.47 bits per heavy atom. The van der Waals surface area contributed by atoms with E-state index in [0.717, 1.165) is 23.8 Å². The minimum atomic E-state index is 0.261. The van der Waals surface area contributed by atoms with Gasteiger partial charge in [-0.15, -0.1) is 0 Å². The van der Waals surface area contributed by atoms with Gasteiger partial charge in [-0.25, -0.2) is 0 Å². The van der Waals surface area contributed by atoms with Crippen LogP contribution < -0.4 is 5.32 Å². The van der Waals surface area contributed by atoms with Crippen molar-refractivity contribution in [3.05, 3.63) is 16.9 Å².